The van der Waals surface area contributed by atoms with Crippen LogP contribution in [-0.4, -0.2) is 21.8 Å². The van der Waals surface area contributed by atoms with Crippen LogP contribution in [0, 0.1) is 0 Å². The molecule has 0 spiro atoms. The van der Waals surface area contributed by atoms with Crippen LogP contribution in [0.1, 0.15) is 16.1 Å². The molecule has 0 aliphatic carbocycles. The fourth-order valence-corrected chi connectivity index (χ4v) is 3.16. The van der Waals surface area contributed by atoms with E-state index in [2.05, 4.69) is 20.6 Å². The fraction of sp³-hybridized carbons (Fsp3) is 0.0667. The van der Waals surface area contributed by atoms with E-state index in [1.807, 2.05) is 5.38 Å². The summed E-state index contributed by atoms with van der Waals surface area (Å²) in [6.07, 6.45) is 3.35. The molecule has 3 aromatic rings. The molecular formula is C15H12N4O2S2. The minimum atomic E-state index is -0.202. The van der Waals surface area contributed by atoms with Gasteiger partial charge in [-0.1, -0.05) is 0 Å². The van der Waals surface area contributed by atoms with Crippen molar-refractivity contribution in [2.45, 2.75) is 6.42 Å². The standard InChI is InChI=1S/C15H12N4O2S2/c20-13(17-11-2-1-4-16-7-11)6-12-9-23-15(18-12)19-14(21)10-3-5-22-8-10/h1-5,7-9H,6H2,(H,17,20)(H,18,19,21). The molecule has 0 aromatic carbocycles. The molecule has 3 rings (SSSR count). The Labute approximate surface area is 140 Å². The number of anilines is 2. The third kappa shape index (κ3) is 4.21. The zero-order valence-electron chi connectivity index (χ0n) is 11.9. The maximum absolute atomic E-state index is 11.9. The van der Waals surface area contributed by atoms with Crippen molar-refractivity contribution in [2.75, 3.05) is 10.6 Å². The summed E-state index contributed by atoms with van der Waals surface area (Å²) in [4.78, 5) is 32.0. The van der Waals surface area contributed by atoms with E-state index in [1.165, 1.54) is 22.7 Å². The van der Waals surface area contributed by atoms with Crippen LogP contribution in [0.5, 0.6) is 0 Å². The number of carbonyl (C=O) groups is 2. The smallest absolute Gasteiger partial charge is 0.258 e. The van der Waals surface area contributed by atoms with E-state index in [9.17, 15) is 9.59 Å². The van der Waals surface area contributed by atoms with Gasteiger partial charge in [0.2, 0.25) is 5.91 Å². The summed E-state index contributed by atoms with van der Waals surface area (Å²) in [5.41, 5.74) is 1.84. The minimum absolute atomic E-state index is 0.139. The molecule has 0 aliphatic rings. The second-order valence-electron chi connectivity index (χ2n) is 4.58. The molecule has 3 aromatic heterocycles. The van der Waals surface area contributed by atoms with Gasteiger partial charge in [0, 0.05) is 17.0 Å². The molecule has 2 N–H and O–H groups in total. The molecular weight excluding hydrogens is 332 g/mol. The number of hydrogen-bond acceptors (Lipinski definition) is 6. The van der Waals surface area contributed by atoms with Crippen LogP contribution < -0.4 is 10.6 Å². The molecule has 0 bridgehead atoms. The van der Waals surface area contributed by atoms with E-state index in [0.29, 0.717) is 22.1 Å². The van der Waals surface area contributed by atoms with E-state index < -0.39 is 0 Å². The molecule has 0 radical (unpaired) electrons. The summed E-state index contributed by atoms with van der Waals surface area (Å²) < 4.78 is 0. The van der Waals surface area contributed by atoms with Crippen molar-refractivity contribution in [2.24, 2.45) is 0 Å². The summed E-state index contributed by atoms with van der Waals surface area (Å²) >= 11 is 2.75. The van der Waals surface area contributed by atoms with Crippen molar-refractivity contribution in [3.05, 3.63) is 58.0 Å². The Bertz CT molecular complexity index is 800. The largest absolute Gasteiger partial charge is 0.324 e. The van der Waals surface area contributed by atoms with Crippen molar-refractivity contribution in [3.63, 3.8) is 0 Å². The first kappa shape index (κ1) is 15.3. The Kier molecular flexibility index (Phi) is 4.74. The number of nitrogens with zero attached hydrogens (tertiary/aromatic N) is 2. The molecule has 6 nitrogen and oxygen atoms in total. The lowest BCUT2D eigenvalue weighted by Crippen LogP contribution is -2.15. The van der Waals surface area contributed by atoms with E-state index >= 15 is 0 Å². The Morgan fingerprint density at radius 1 is 1.17 bits per heavy atom. The van der Waals surface area contributed by atoms with Gasteiger partial charge >= 0.3 is 0 Å². The number of carbonyl (C=O) groups excluding carboxylic acids is 2. The Hall–Kier alpha value is -2.58. The van der Waals surface area contributed by atoms with Gasteiger partial charge in [-0.25, -0.2) is 4.98 Å². The molecule has 8 heteroatoms. The Morgan fingerprint density at radius 2 is 2.09 bits per heavy atom. The number of pyridine rings is 1. The van der Waals surface area contributed by atoms with Gasteiger partial charge in [-0.15, -0.1) is 11.3 Å². The Balaban J connectivity index is 1.57. The average Bonchev–Trinajstić information content (AvgIpc) is 3.20. The first-order valence-corrected chi connectivity index (χ1v) is 8.51. The molecule has 0 aliphatic heterocycles. The normalized spacial score (nSPS) is 10.3. The van der Waals surface area contributed by atoms with Crippen LogP contribution in [0.25, 0.3) is 0 Å². The molecule has 0 unspecified atom stereocenters. The van der Waals surface area contributed by atoms with Crippen molar-refractivity contribution < 1.29 is 9.59 Å². The van der Waals surface area contributed by atoms with Crippen LogP contribution in [0.4, 0.5) is 10.8 Å². The quantitative estimate of drug-likeness (QED) is 0.745. The topological polar surface area (TPSA) is 84.0 Å². The molecule has 23 heavy (non-hydrogen) atoms. The van der Waals surface area contributed by atoms with Crippen LogP contribution in [0.3, 0.4) is 0 Å². The average molecular weight is 344 g/mol. The van der Waals surface area contributed by atoms with Gasteiger partial charge in [0.05, 0.1) is 29.6 Å². The molecule has 3 heterocycles. The number of nitrogens with one attached hydrogen (secondary N) is 2. The molecule has 0 fully saturated rings. The minimum Gasteiger partial charge on any atom is -0.324 e. The summed E-state index contributed by atoms with van der Waals surface area (Å²) in [5.74, 6) is -0.383. The van der Waals surface area contributed by atoms with Gasteiger partial charge < -0.3 is 5.32 Å². The summed E-state index contributed by atoms with van der Waals surface area (Å²) in [7, 11) is 0. The molecule has 0 atom stereocenters. The number of rotatable bonds is 5. The van der Waals surface area contributed by atoms with Gasteiger partial charge in [-0.2, -0.15) is 11.3 Å². The lowest BCUT2D eigenvalue weighted by Gasteiger charge is -2.02. The lowest BCUT2D eigenvalue weighted by atomic mass is 10.3. The summed E-state index contributed by atoms with van der Waals surface area (Å²) in [5, 5.41) is 11.3. The van der Waals surface area contributed by atoms with Gasteiger partial charge in [-0.05, 0) is 23.6 Å². The predicted octanol–water partition coefficient (Wildman–Crippen LogP) is 3.03. The van der Waals surface area contributed by atoms with Crippen molar-refractivity contribution >= 4 is 45.3 Å². The van der Waals surface area contributed by atoms with Gasteiger partial charge in [0.25, 0.3) is 5.91 Å². The number of aromatic nitrogens is 2. The van der Waals surface area contributed by atoms with E-state index in [0.717, 1.165) is 0 Å². The third-order valence-electron chi connectivity index (χ3n) is 2.84. The van der Waals surface area contributed by atoms with Crippen LogP contribution in [0.2, 0.25) is 0 Å². The van der Waals surface area contributed by atoms with E-state index in [4.69, 9.17) is 0 Å². The van der Waals surface area contributed by atoms with Crippen LogP contribution in [-0.2, 0) is 11.2 Å². The maximum atomic E-state index is 11.9. The SMILES string of the molecule is O=C(Cc1csc(NC(=O)c2ccsc2)n1)Nc1cccnc1. The van der Waals surface area contributed by atoms with Crippen molar-refractivity contribution in [3.8, 4) is 0 Å². The number of thiophene rings is 1. The van der Waals surface area contributed by atoms with E-state index in [-0.39, 0.29) is 18.2 Å². The molecule has 116 valence electrons. The van der Waals surface area contributed by atoms with Crippen LogP contribution >= 0.6 is 22.7 Å². The highest BCUT2D eigenvalue weighted by atomic mass is 32.1. The molecule has 2 amide bonds. The molecule has 0 saturated carbocycles. The number of thiazole rings is 1. The Morgan fingerprint density at radius 3 is 2.83 bits per heavy atom. The predicted molar refractivity (Wildman–Crippen MR) is 91.0 cm³/mol. The molecule has 0 saturated heterocycles. The first-order valence-electron chi connectivity index (χ1n) is 6.68. The summed E-state index contributed by atoms with van der Waals surface area (Å²) in [6, 6.07) is 5.25. The van der Waals surface area contributed by atoms with Gasteiger partial charge in [0.1, 0.15) is 0 Å². The summed E-state index contributed by atoms with van der Waals surface area (Å²) in [6.45, 7) is 0. The maximum Gasteiger partial charge on any atom is 0.258 e. The third-order valence-corrected chi connectivity index (χ3v) is 4.33. The zero-order chi connectivity index (χ0) is 16.1. The van der Waals surface area contributed by atoms with Gasteiger partial charge in [-0.3, -0.25) is 19.9 Å². The first-order chi connectivity index (χ1) is 11.2. The van der Waals surface area contributed by atoms with Gasteiger partial charge in [0.15, 0.2) is 5.13 Å². The highest BCUT2D eigenvalue weighted by Crippen LogP contribution is 2.18. The highest BCUT2D eigenvalue weighted by molar-refractivity contribution is 7.14. The zero-order valence-corrected chi connectivity index (χ0v) is 13.5. The van der Waals surface area contributed by atoms with Crippen molar-refractivity contribution in [1.29, 1.82) is 0 Å². The number of hydrogen-bond donors (Lipinski definition) is 2. The van der Waals surface area contributed by atoms with E-state index in [1.54, 1.807) is 41.4 Å². The lowest BCUT2D eigenvalue weighted by molar-refractivity contribution is -0.115. The van der Waals surface area contributed by atoms with Crippen LogP contribution in [0.15, 0.2) is 46.7 Å². The monoisotopic (exact) mass is 344 g/mol. The van der Waals surface area contributed by atoms with Crippen molar-refractivity contribution in [1.82, 2.24) is 9.97 Å². The second-order valence-corrected chi connectivity index (χ2v) is 6.21. The highest BCUT2D eigenvalue weighted by Gasteiger charge is 2.11. The number of amides is 2. The fourth-order valence-electron chi connectivity index (χ4n) is 1.81. The second kappa shape index (κ2) is 7.12.